The maximum atomic E-state index is 15.7. The highest BCUT2D eigenvalue weighted by Gasteiger charge is 2.30. The van der Waals surface area contributed by atoms with E-state index >= 15 is 4.57 Å². The Morgan fingerprint density at radius 3 is 1.82 bits per heavy atom. The molecule has 0 aliphatic heterocycles. The smallest absolute Gasteiger partial charge is 0.171 e. The molecule has 0 aliphatic carbocycles. The van der Waals surface area contributed by atoms with Crippen LogP contribution < -0.4 is 15.9 Å². The second-order valence-electron chi connectivity index (χ2n) is 14.6. The lowest BCUT2D eigenvalue weighted by atomic mass is 9.90. The molecule has 256 valence electrons. The predicted octanol–water partition coefficient (Wildman–Crippen LogP) is 12.2. The Morgan fingerprint density at radius 1 is 0.400 bits per heavy atom. The number of benzene rings is 10. The minimum atomic E-state index is -3.23. The number of pyridine rings is 1. The summed E-state index contributed by atoms with van der Waals surface area (Å²) in [6.07, 6.45) is 0. The highest BCUT2D eigenvalue weighted by molar-refractivity contribution is 7.85. The molecule has 0 N–H and O–H groups in total. The van der Waals surface area contributed by atoms with Crippen LogP contribution in [-0.2, 0) is 4.57 Å². The molecule has 0 radical (unpaired) electrons. The average molecular weight is 719 g/mol. The molecule has 10 aromatic carbocycles. The molecule has 0 fully saturated rings. The first-order valence-electron chi connectivity index (χ1n) is 18.7. The molecule has 55 heavy (non-hydrogen) atoms. The van der Waals surface area contributed by atoms with Gasteiger partial charge < -0.3 is 4.57 Å². The van der Waals surface area contributed by atoms with Gasteiger partial charge in [0.15, 0.2) is 7.14 Å². The van der Waals surface area contributed by atoms with Gasteiger partial charge in [-0.15, -0.1) is 0 Å². The molecule has 2 heterocycles. The molecule has 12 aromatic rings. The molecule has 4 heteroatoms. The normalized spacial score (nSPS) is 12.4. The number of fused-ring (bicyclic) bond motifs is 10. The summed E-state index contributed by atoms with van der Waals surface area (Å²) in [4.78, 5) is 5.34. The summed E-state index contributed by atoms with van der Waals surface area (Å²) < 4.78 is 18.0. The van der Waals surface area contributed by atoms with E-state index in [0.717, 1.165) is 70.6 Å². The van der Waals surface area contributed by atoms with Gasteiger partial charge >= 0.3 is 0 Å². The molecule has 0 amide bonds. The van der Waals surface area contributed by atoms with E-state index in [2.05, 4.69) is 132 Å². The van der Waals surface area contributed by atoms with E-state index < -0.39 is 7.14 Å². The van der Waals surface area contributed by atoms with Gasteiger partial charge in [0.1, 0.15) is 5.65 Å². The second-order valence-corrected chi connectivity index (χ2v) is 17.4. The van der Waals surface area contributed by atoms with Crippen molar-refractivity contribution in [1.82, 2.24) is 9.38 Å². The largest absolute Gasteiger partial charge is 0.309 e. The van der Waals surface area contributed by atoms with Crippen LogP contribution in [0.5, 0.6) is 0 Å². The summed E-state index contributed by atoms with van der Waals surface area (Å²) >= 11 is 0. The molecule has 12 rings (SSSR count). The van der Waals surface area contributed by atoms with Crippen LogP contribution in [0.1, 0.15) is 0 Å². The predicted molar refractivity (Wildman–Crippen MR) is 234 cm³/mol. The van der Waals surface area contributed by atoms with E-state index in [-0.39, 0.29) is 0 Å². The Kier molecular flexibility index (Phi) is 6.32. The molecular weight excluding hydrogens is 688 g/mol. The molecule has 0 bridgehead atoms. The Bertz CT molecular complexity index is 3510. The number of hydrogen-bond acceptors (Lipinski definition) is 2. The monoisotopic (exact) mass is 718 g/mol. The highest BCUT2D eigenvalue weighted by Crippen LogP contribution is 2.45. The van der Waals surface area contributed by atoms with E-state index in [9.17, 15) is 0 Å². The van der Waals surface area contributed by atoms with Crippen LogP contribution in [0.4, 0.5) is 0 Å². The maximum Gasteiger partial charge on any atom is 0.171 e. The van der Waals surface area contributed by atoms with Crippen molar-refractivity contribution in [1.29, 1.82) is 0 Å². The molecule has 3 nitrogen and oxygen atoms in total. The van der Waals surface area contributed by atoms with Crippen molar-refractivity contribution in [3.63, 3.8) is 0 Å². The van der Waals surface area contributed by atoms with Crippen molar-refractivity contribution in [2.45, 2.75) is 0 Å². The van der Waals surface area contributed by atoms with E-state index in [1.807, 2.05) is 60.7 Å². The SMILES string of the molecule is O=P(c1ccccc1)(c1ccccc1)c1ccc2c(c1)c1c3ccccc3ccc1c1nc3ccc(-c4ccc5ccc6cccc7ccc4c5c67)cc3n21. The van der Waals surface area contributed by atoms with Crippen LogP contribution in [0.25, 0.3) is 92.6 Å². The third-order valence-electron chi connectivity index (χ3n) is 11.8. The number of nitrogens with zero attached hydrogens (tertiary/aromatic N) is 2. The van der Waals surface area contributed by atoms with Crippen LogP contribution in [0.15, 0.2) is 188 Å². The van der Waals surface area contributed by atoms with Gasteiger partial charge in [-0.1, -0.05) is 152 Å². The van der Waals surface area contributed by atoms with Gasteiger partial charge in [-0.3, -0.25) is 4.40 Å². The van der Waals surface area contributed by atoms with E-state index in [0.29, 0.717) is 0 Å². The fourth-order valence-corrected chi connectivity index (χ4v) is 11.9. The molecule has 0 aliphatic rings. The first-order chi connectivity index (χ1) is 27.1. The topological polar surface area (TPSA) is 34.4 Å². The minimum Gasteiger partial charge on any atom is -0.309 e. The number of hydrogen-bond donors (Lipinski definition) is 0. The highest BCUT2D eigenvalue weighted by atomic mass is 31.2. The Morgan fingerprint density at radius 2 is 1.04 bits per heavy atom. The summed E-state index contributed by atoms with van der Waals surface area (Å²) in [5.41, 5.74) is 6.27. The Labute approximate surface area is 316 Å². The quantitative estimate of drug-likeness (QED) is 0.134. The first-order valence-corrected chi connectivity index (χ1v) is 20.4. The second kappa shape index (κ2) is 11.4. The maximum absolute atomic E-state index is 15.7. The van der Waals surface area contributed by atoms with Crippen LogP contribution >= 0.6 is 7.14 Å². The zero-order chi connectivity index (χ0) is 36.3. The standard InChI is InChI=1S/C51H31N2OP/c54-55(37-13-3-1-4-14-37,38-15-5-2-6-16-38)39-24-29-46-44(31-39)50-41-17-8-7-10-32(41)20-27-43(50)51-52-45-28-23-36(30-47(45)53(46)51)40-25-21-35-19-18-33-11-9-12-34-22-26-42(40)49(35)48(33)34/h1-31H. The van der Waals surface area contributed by atoms with Crippen LogP contribution in [0, 0.1) is 0 Å². The molecule has 0 atom stereocenters. The molecule has 0 saturated heterocycles. The summed E-state index contributed by atoms with van der Waals surface area (Å²) in [5.74, 6) is 0. The fourth-order valence-electron chi connectivity index (χ4n) is 9.24. The van der Waals surface area contributed by atoms with Crippen molar-refractivity contribution < 1.29 is 4.57 Å². The van der Waals surface area contributed by atoms with E-state index in [1.54, 1.807) is 0 Å². The lowest BCUT2D eigenvalue weighted by molar-refractivity contribution is 0.592. The minimum absolute atomic E-state index is 0.810. The molecule has 0 saturated carbocycles. The van der Waals surface area contributed by atoms with Gasteiger partial charge in [0.25, 0.3) is 0 Å². The van der Waals surface area contributed by atoms with Crippen molar-refractivity contribution in [3.8, 4) is 11.1 Å². The van der Waals surface area contributed by atoms with Crippen molar-refractivity contribution in [2.24, 2.45) is 0 Å². The van der Waals surface area contributed by atoms with Crippen LogP contribution in [0.2, 0.25) is 0 Å². The average Bonchev–Trinajstić information content (AvgIpc) is 3.65. The molecule has 0 unspecified atom stereocenters. The van der Waals surface area contributed by atoms with Crippen molar-refractivity contribution >= 4 is 105 Å². The number of rotatable bonds is 4. The summed E-state index contributed by atoms with van der Waals surface area (Å²) in [5, 5.41) is 15.7. The Balaban J connectivity index is 1.18. The number of imidazole rings is 1. The van der Waals surface area contributed by atoms with Crippen molar-refractivity contribution in [2.75, 3.05) is 0 Å². The molecular formula is C51H31N2OP. The van der Waals surface area contributed by atoms with Gasteiger partial charge in [-0.2, -0.15) is 0 Å². The number of aromatic nitrogens is 2. The fraction of sp³-hybridized carbons (Fsp3) is 0. The summed E-state index contributed by atoms with van der Waals surface area (Å²) in [7, 11) is -3.23. The van der Waals surface area contributed by atoms with Gasteiger partial charge in [-0.25, -0.2) is 4.98 Å². The van der Waals surface area contributed by atoms with Crippen LogP contribution in [-0.4, -0.2) is 9.38 Å². The van der Waals surface area contributed by atoms with Gasteiger partial charge in [0.2, 0.25) is 0 Å². The molecule has 2 aromatic heterocycles. The van der Waals surface area contributed by atoms with Crippen LogP contribution in [0.3, 0.4) is 0 Å². The summed E-state index contributed by atoms with van der Waals surface area (Å²) in [6, 6.07) is 66.1. The van der Waals surface area contributed by atoms with Gasteiger partial charge in [0, 0.05) is 32.1 Å². The van der Waals surface area contributed by atoms with E-state index in [1.165, 1.54) is 37.9 Å². The van der Waals surface area contributed by atoms with Gasteiger partial charge in [0.05, 0.1) is 16.6 Å². The summed E-state index contributed by atoms with van der Waals surface area (Å²) in [6.45, 7) is 0. The first kappa shape index (κ1) is 30.6. The zero-order valence-electron chi connectivity index (χ0n) is 29.6. The van der Waals surface area contributed by atoms with E-state index in [4.69, 9.17) is 4.98 Å². The zero-order valence-corrected chi connectivity index (χ0v) is 30.5. The third kappa shape index (κ3) is 4.27. The Hall–Kier alpha value is -6.80. The molecule has 0 spiro atoms. The van der Waals surface area contributed by atoms with Crippen molar-refractivity contribution in [3.05, 3.63) is 188 Å². The lowest BCUT2D eigenvalue weighted by Gasteiger charge is -2.21. The third-order valence-corrected chi connectivity index (χ3v) is 14.8. The van der Waals surface area contributed by atoms with Gasteiger partial charge in [-0.05, 0) is 90.6 Å². The lowest BCUT2D eigenvalue weighted by Crippen LogP contribution is -2.25.